The van der Waals surface area contributed by atoms with Gasteiger partial charge in [0.05, 0.1) is 5.02 Å². The summed E-state index contributed by atoms with van der Waals surface area (Å²) < 4.78 is 0. The van der Waals surface area contributed by atoms with Crippen molar-refractivity contribution in [1.29, 1.82) is 0 Å². The number of hydrogen-bond acceptors (Lipinski definition) is 2. The SMILES string of the molecule is CCS.Sc1ccccc1Cl. The molecule has 0 nitrogen and oxygen atoms in total. The minimum absolute atomic E-state index is 0.704. The van der Waals surface area contributed by atoms with E-state index < -0.39 is 0 Å². The molecule has 62 valence electrons. The van der Waals surface area contributed by atoms with Crippen LogP contribution in [0.15, 0.2) is 29.2 Å². The Labute approximate surface area is 83.8 Å². The van der Waals surface area contributed by atoms with E-state index in [0.717, 1.165) is 10.6 Å². The third-order valence-electron chi connectivity index (χ3n) is 0.852. The molecule has 0 atom stereocenters. The fourth-order valence-electron chi connectivity index (χ4n) is 0.452. The molecule has 1 aromatic rings. The van der Waals surface area contributed by atoms with Gasteiger partial charge in [-0.15, -0.1) is 12.6 Å². The van der Waals surface area contributed by atoms with Gasteiger partial charge in [0.1, 0.15) is 0 Å². The van der Waals surface area contributed by atoms with Gasteiger partial charge >= 0.3 is 0 Å². The summed E-state index contributed by atoms with van der Waals surface area (Å²) in [6.45, 7) is 1.99. The van der Waals surface area contributed by atoms with Crippen LogP contribution in [-0.2, 0) is 0 Å². The first-order valence-corrected chi connectivity index (χ1v) is 4.72. The number of thiol groups is 2. The molecule has 0 radical (unpaired) electrons. The Hall–Kier alpha value is 0.210. The fraction of sp³-hybridized carbons (Fsp3) is 0.250. The second-order valence-electron chi connectivity index (χ2n) is 1.77. The zero-order chi connectivity index (χ0) is 8.69. The van der Waals surface area contributed by atoms with E-state index in [1.807, 2.05) is 31.2 Å². The molecular formula is C8H11ClS2. The Kier molecular flexibility index (Phi) is 7.02. The Morgan fingerprint density at radius 2 is 1.82 bits per heavy atom. The number of benzene rings is 1. The minimum atomic E-state index is 0.704. The van der Waals surface area contributed by atoms with Gasteiger partial charge in [0.15, 0.2) is 0 Å². The minimum Gasteiger partial charge on any atom is -0.180 e. The number of rotatable bonds is 0. The van der Waals surface area contributed by atoms with Crippen molar-refractivity contribution in [3.8, 4) is 0 Å². The van der Waals surface area contributed by atoms with Crippen LogP contribution in [0, 0.1) is 0 Å². The Morgan fingerprint density at radius 3 is 2.09 bits per heavy atom. The molecule has 0 aliphatic carbocycles. The fourth-order valence-corrected chi connectivity index (χ4v) is 0.748. The lowest BCUT2D eigenvalue weighted by Crippen LogP contribution is -1.63. The molecule has 0 unspecified atom stereocenters. The summed E-state index contributed by atoms with van der Waals surface area (Å²) in [5.74, 6) is 0.944. The average Bonchev–Trinajstić information content (AvgIpc) is 1.97. The van der Waals surface area contributed by atoms with Crippen molar-refractivity contribution in [2.45, 2.75) is 11.8 Å². The van der Waals surface area contributed by atoms with Gasteiger partial charge in [-0.05, 0) is 17.9 Å². The van der Waals surface area contributed by atoms with Crippen LogP contribution in [0.1, 0.15) is 6.92 Å². The third kappa shape index (κ3) is 5.48. The standard InChI is InChI=1S/C6H5ClS.C2H6S/c7-5-3-1-2-4-6(5)8;1-2-3/h1-4,8H;3H,2H2,1H3. The van der Waals surface area contributed by atoms with Crippen molar-refractivity contribution < 1.29 is 0 Å². The molecule has 0 aliphatic heterocycles. The average molecular weight is 207 g/mol. The first-order chi connectivity index (χ1) is 5.22. The Bertz CT molecular complexity index is 180. The molecule has 0 aromatic heterocycles. The molecule has 0 fully saturated rings. The lowest BCUT2D eigenvalue weighted by atomic mass is 10.4. The van der Waals surface area contributed by atoms with Crippen LogP contribution in [0.25, 0.3) is 0 Å². The first kappa shape index (κ1) is 11.2. The van der Waals surface area contributed by atoms with Gasteiger partial charge in [-0.2, -0.15) is 12.6 Å². The van der Waals surface area contributed by atoms with Gasteiger partial charge in [0.25, 0.3) is 0 Å². The molecule has 0 saturated heterocycles. The van der Waals surface area contributed by atoms with Crippen LogP contribution >= 0.6 is 36.9 Å². The Balaban J connectivity index is 0.000000292. The first-order valence-electron chi connectivity index (χ1n) is 3.26. The van der Waals surface area contributed by atoms with Crippen molar-refractivity contribution >= 4 is 36.9 Å². The molecule has 11 heavy (non-hydrogen) atoms. The van der Waals surface area contributed by atoms with Gasteiger partial charge in [-0.3, -0.25) is 0 Å². The highest BCUT2D eigenvalue weighted by molar-refractivity contribution is 7.80. The normalized spacial score (nSPS) is 8.36. The number of hydrogen-bond donors (Lipinski definition) is 2. The molecule has 3 heteroatoms. The smallest absolute Gasteiger partial charge is 0.0539 e. The van der Waals surface area contributed by atoms with E-state index in [4.69, 9.17) is 11.6 Å². The van der Waals surface area contributed by atoms with E-state index in [1.54, 1.807) is 0 Å². The van der Waals surface area contributed by atoms with Crippen molar-refractivity contribution in [2.75, 3.05) is 5.75 Å². The van der Waals surface area contributed by atoms with E-state index in [-0.39, 0.29) is 0 Å². The summed E-state index contributed by atoms with van der Waals surface area (Å²) in [5.41, 5.74) is 0. The maximum absolute atomic E-state index is 5.63. The van der Waals surface area contributed by atoms with Gasteiger partial charge in [-0.1, -0.05) is 30.7 Å². The molecule has 1 rings (SSSR count). The van der Waals surface area contributed by atoms with Gasteiger partial charge in [-0.25, -0.2) is 0 Å². The highest BCUT2D eigenvalue weighted by Crippen LogP contribution is 2.17. The summed E-state index contributed by atoms with van der Waals surface area (Å²) in [7, 11) is 0. The van der Waals surface area contributed by atoms with Gasteiger partial charge < -0.3 is 0 Å². The molecule has 0 spiro atoms. The molecule has 0 aliphatic rings. The highest BCUT2D eigenvalue weighted by atomic mass is 35.5. The summed E-state index contributed by atoms with van der Waals surface area (Å²) in [5, 5.41) is 0.704. The summed E-state index contributed by atoms with van der Waals surface area (Å²) in [6, 6.07) is 7.44. The maximum Gasteiger partial charge on any atom is 0.0539 e. The van der Waals surface area contributed by atoms with Crippen LogP contribution in [0.3, 0.4) is 0 Å². The van der Waals surface area contributed by atoms with Crippen molar-refractivity contribution in [1.82, 2.24) is 0 Å². The summed E-state index contributed by atoms with van der Waals surface area (Å²) >= 11 is 13.5. The largest absolute Gasteiger partial charge is 0.180 e. The van der Waals surface area contributed by atoms with E-state index >= 15 is 0 Å². The summed E-state index contributed by atoms with van der Waals surface area (Å²) in [6.07, 6.45) is 0. The Morgan fingerprint density at radius 1 is 1.36 bits per heavy atom. The second-order valence-corrected chi connectivity index (χ2v) is 3.29. The van der Waals surface area contributed by atoms with E-state index in [2.05, 4.69) is 25.3 Å². The van der Waals surface area contributed by atoms with Crippen molar-refractivity contribution in [3.05, 3.63) is 29.3 Å². The van der Waals surface area contributed by atoms with Gasteiger partial charge in [0.2, 0.25) is 0 Å². The zero-order valence-electron chi connectivity index (χ0n) is 6.29. The lowest BCUT2D eigenvalue weighted by molar-refractivity contribution is 1.48. The van der Waals surface area contributed by atoms with E-state index in [0.29, 0.717) is 5.02 Å². The molecule has 1 aromatic carbocycles. The van der Waals surface area contributed by atoms with Crippen molar-refractivity contribution in [2.24, 2.45) is 0 Å². The molecule has 0 saturated carbocycles. The predicted molar refractivity (Wildman–Crippen MR) is 58.2 cm³/mol. The maximum atomic E-state index is 5.63. The van der Waals surface area contributed by atoms with Crippen LogP contribution in [0.5, 0.6) is 0 Å². The van der Waals surface area contributed by atoms with E-state index in [9.17, 15) is 0 Å². The lowest BCUT2D eigenvalue weighted by Gasteiger charge is -1.90. The van der Waals surface area contributed by atoms with E-state index in [1.165, 1.54) is 0 Å². The van der Waals surface area contributed by atoms with Crippen LogP contribution < -0.4 is 0 Å². The van der Waals surface area contributed by atoms with Gasteiger partial charge in [0, 0.05) is 4.90 Å². The third-order valence-corrected chi connectivity index (χ3v) is 1.70. The molecule has 0 amide bonds. The summed E-state index contributed by atoms with van der Waals surface area (Å²) in [4.78, 5) is 0.828. The number of halogens is 1. The topological polar surface area (TPSA) is 0 Å². The molecule has 0 N–H and O–H groups in total. The van der Waals surface area contributed by atoms with Crippen LogP contribution in [0.4, 0.5) is 0 Å². The highest BCUT2D eigenvalue weighted by Gasteiger charge is 1.87. The molecule has 0 bridgehead atoms. The molecule has 0 heterocycles. The van der Waals surface area contributed by atoms with Crippen molar-refractivity contribution in [3.63, 3.8) is 0 Å². The van der Waals surface area contributed by atoms with Crippen LogP contribution in [0.2, 0.25) is 5.02 Å². The monoisotopic (exact) mass is 206 g/mol. The van der Waals surface area contributed by atoms with Crippen LogP contribution in [-0.4, -0.2) is 5.75 Å². The molecular weight excluding hydrogens is 196 g/mol. The predicted octanol–water partition coefficient (Wildman–Crippen LogP) is 3.56. The quantitative estimate of drug-likeness (QED) is 0.596. The zero-order valence-corrected chi connectivity index (χ0v) is 8.83. The second kappa shape index (κ2) is 6.89.